The summed E-state index contributed by atoms with van der Waals surface area (Å²) in [5, 5.41) is 1.19. The highest BCUT2D eigenvalue weighted by Crippen LogP contribution is 2.38. The number of para-hydroxylation sites is 1. The van der Waals surface area contributed by atoms with Gasteiger partial charge in [-0.15, -0.1) is 0 Å². The largest absolute Gasteiger partial charge is 0.461 e. The number of fused-ring (bicyclic) bond motifs is 1. The quantitative estimate of drug-likeness (QED) is 0.864. The average molecular weight is 243 g/mol. The third kappa shape index (κ3) is 2.05. The predicted molar refractivity (Wildman–Crippen MR) is 74.6 cm³/mol. The summed E-state index contributed by atoms with van der Waals surface area (Å²) in [6, 6.07) is 10.6. The summed E-state index contributed by atoms with van der Waals surface area (Å²) in [6.07, 6.45) is 4.83. The molecule has 18 heavy (non-hydrogen) atoms. The van der Waals surface area contributed by atoms with Crippen molar-refractivity contribution in [2.75, 3.05) is 0 Å². The molecule has 3 atom stereocenters. The van der Waals surface area contributed by atoms with Crippen molar-refractivity contribution in [1.29, 1.82) is 0 Å². The van der Waals surface area contributed by atoms with Crippen molar-refractivity contribution in [1.82, 2.24) is 0 Å². The minimum Gasteiger partial charge on any atom is -0.461 e. The van der Waals surface area contributed by atoms with E-state index in [-0.39, 0.29) is 6.04 Å². The molecule has 2 aromatic rings. The lowest BCUT2D eigenvalue weighted by atomic mass is 9.76. The molecule has 1 aromatic carbocycles. The zero-order valence-corrected chi connectivity index (χ0v) is 10.9. The van der Waals surface area contributed by atoms with Crippen molar-refractivity contribution in [2.45, 2.75) is 44.6 Å². The minimum absolute atomic E-state index is 0.258. The van der Waals surface area contributed by atoms with E-state index in [2.05, 4.69) is 25.1 Å². The zero-order valence-electron chi connectivity index (χ0n) is 10.9. The van der Waals surface area contributed by atoms with E-state index in [0.29, 0.717) is 5.92 Å². The molecule has 0 spiro atoms. The molecule has 2 nitrogen and oxygen atoms in total. The van der Waals surface area contributed by atoms with Crippen LogP contribution in [0.25, 0.3) is 11.0 Å². The van der Waals surface area contributed by atoms with E-state index in [9.17, 15) is 0 Å². The molecule has 0 aliphatic heterocycles. The molecule has 2 N–H and O–H groups in total. The summed E-state index contributed by atoms with van der Waals surface area (Å²) in [4.78, 5) is 0. The van der Waals surface area contributed by atoms with Crippen LogP contribution >= 0.6 is 0 Å². The van der Waals surface area contributed by atoms with E-state index in [1.807, 2.05) is 12.1 Å². The first-order valence-electron chi connectivity index (χ1n) is 7.02. The first-order chi connectivity index (χ1) is 8.78. The van der Waals surface area contributed by atoms with Crippen molar-refractivity contribution in [3.63, 3.8) is 0 Å². The molecule has 1 aliphatic rings. The number of benzene rings is 1. The summed E-state index contributed by atoms with van der Waals surface area (Å²) < 4.78 is 5.99. The molecule has 96 valence electrons. The summed E-state index contributed by atoms with van der Waals surface area (Å²) in [5.74, 6) is 2.29. The van der Waals surface area contributed by atoms with Crippen molar-refractivity contribution in [2.24, 2.45) is 11.7 Å². The molecular formula is C16H21NO. The van der Waals surface area contributed by atoms with E-state index in [1.165, 1.54) is 24.6 Å². The molecule has 1 heterocycles. The summed E-state index contributed by atoms with van der Waals surface area (Å²) in [5.41, 5.74) is 7.27. The van der Waals surface area contributed by atoms with E-state index < -0.39 is 0 Å². The molecule has 2 heteroatoms. The van der Waals surface area contributed by atoms with Gasteiger partial charge in [0.1, 0.15) is 11.3 Å². The van der Waals surface area contributed by atoms with Gasteiger partial charge in [-0.3, -0.25) is 0 Å². The van der Waals surface area contributed by atoms with Crippen LogP contribution in [0, 0.1) is 5.92 Å². The van der Waals surface area contributed by atoms with Gasteiger partial charge < -0.3 is 10.2 Å². The number of hydrogen-bond donors (Lipinski definition) is 1. The monoisotopic (exact) mass is 243 g/mol. The Bertz CT molecular complexity index is 498. The lowest BCUT2D eigenvalue weighted by Crippen LogP contribution is -2.34. The molecule has 0 bridgehead atoms. The van der Waals surface area contributed by atoms with Crippen molar-refractivity contribution in [3.8, 4) is 0 Å². The maximum absolute atomic E-state index is 6.29. The minimum atomic E-state index is 0.258. The normalized spacial score (nSPS) is 28.7. The smallest absolute Gasteiger partial charge is 0.134 e. The molecule has 0 radical (unpaired) electrons. The van der Waals surface area contributed by atoms with Crippen LogP contribution in [0.2, 0.25) is 0 Å². The lowest BCUT2D eigenvalue weighted by molar-refractivity contribution is 0.260. The van der Waals surface area contributed by atoms with Crippen LogP contribution in [0.15, 0.2) is 34.7 Å². The van der Waals surface area contributed by atoms with E-state index in [1.54, 1.807) is 0 Å². The maximum Gasteiger partial charge on any atom is 0.134 e. The third-order valence-electron chi connectivity index (χ3n) is 4.40. The van der Waals surface area contributed by atoms with Crippen molar-refractivity contribution >= 4 is 11.0 Å². The van der Waals surface area contributed by atoms with Gasteiger partial charge in [0, 0.05) is 17.3 Å². The second-order valence-corrected chi connectivity index (χ2v) is 5.54. The number of hydrogen-bond acceptors (Lipinski definition) is 2. The SMILES string of the molecule is CCC1CCC(N)C(c2cc3ccccc3o2)C1. The van der Waals surface area contributed by atoms with Crippen LogP contribution in [-0.4, -0.2) is 6.04 Å². The average Bonchev–Trinajstić information content (AvgIpc) is 2.82. The van der Waals surface area contributed by atoms with Gasteiger partial charge in [0.2, 0.25) is 0 Å². The van der Waals surface area contributed by atoms with Crippen molar-refractivity contribution < 1.29 is 4.42 Å². The van der Waals surface area contributed by atoms with Crippen LogP contribution in [0.1, 0.15) is 44.3 Å². The maximum atomic E-state index is 6.29. The number of furan rings is 1. The Hall–Kier alpha value is -1.28. The first kappa shape index (κ1) is 11.8. The van der Waals surface area contributed by atoms with Gasteiger partial charge in [0.25, 0.3) is 0 Å². The molecule has 3 rings (SSSR count). The molecule has 1 saturated carbocycles. The molecule has 0 saturated heterocycles. The van der Waals surface area contributed by atoms with Gasteiger partial charge >= 0.3 is 0 Å². The van der Waals surface area contributed by atoms with Crippen LogP contribution in [0.3, 0.4) is 0 Å². The van der Waals surface area contributed by atoms with Crippen LogP contribution in [0.5, 0.6) is 0 Å². The molecule has 3 unspecified atom stereocenters. The van der Waals surface area contributed by atoms with Gasteiger partial charge in [-0.25, -0.2) is 0 Å². The fourth-order valence-corrected chi connectivity index (χ4v) is 3.16. The standard InChI is InChI=1S/C16H21NO/c1-2-11-7-8-14(17)13(9-11)16-10-12-5-3-4-6-15(12)18-16/h3-6,10-11,13-14H,2,7-9,17H2,1H3. The Morgan fingerprint density at radius 3 is 2.89 bits per heavy atom. The Balaban J connectivity index is 1.92. The second-order valence-electron chi connectivity index (χ2n) is 5.54. The molecule has 1 aliphatic carbocycles. The summed E-state index contributed by atoms with van der Waals surface area (Å²) in [7, 11) is 0. The van der Waals surface area contributed by atoms with Crippen LogP contribution in [0.4, 0.5) is 0 Å². The Labute approximate surface area is 108 Å². The Morgan fingerprint density at radius 1 is 1.28 bits per heavy atom. The van der Waals surface area contributed by atoms with E-state index in [0.717, 1.165) is 23.7 Å². The van der Waals surface area contributed by atoms with Gasteiger partial charge in [0.15, 0.2) is 0 Å². The van der Waals surface area contributed by atoms with Gasteiger partial charge in [-0.1, -0.05) is 31.5 Å². The highest BCUT2D eigenvalue weighted by molar-refractivity contribution is 5.77. The highest BCUT2D eigenvalue weighted by atomic mass is 16.3. The second kappa shape index (κ2) is 4.77. The summed E-state index contributed by atoms with van der Waals surface area (Å²) >= 11 is 0. The van der Waals surface area contributed by atoms with Crippen LogP contribution < -0.4 is 5.73 Å². The van der Waals surface area contributed by atoms with E-state index >= 15 is 0 Å². The lowest BCUT2D eigenvalue weighted by Gasteiger charge is -2.32. The van der Waals surface area contributed by atoms with Crippen LogP contribution in [-0.2, 0) is 0 Å². The Morgan fingerprint density at radius 2 is 2.11 bits per heavy atom. The van der Waals surface area contributed by atoms with Crippen molar-refractivity contribution in [3.05, 3.63) is 36.1 Å². The topological polar surface area (TPSA) is 39.2 Å². The molecule has 0 amide bonds. The Kier molecular flexibility index (Phi) is 3.13. The zero-order chi connectivity index (χ0) is 12.5. The molecule has 1 fully saturated rings. The van der Waals surface area contributed by atoms with Gasteiger partial charge in [0.05, 0.1) is 0 Å². The van der Waals surface area contributed by atoms with Gasteiger partial charge in [-0.05, 0) is 37.3 Å². The highest BCUT2D eigenvalue weighted by Gasteiger charge is 2.30. The van der Waals surface area contributed by atoms with Gasteiger partial charge in [-0.2, -0.15) is 0 Å². The summed E-state index contributed by atoms with van der Waals surface area (Å²) in [6.45, 7) is 2.28. The van der Waals surface area contributed by atoms with E-state index in [4.69, 9.17) is 10.2 Å². The first-order valence-corrected chi connectivity index (χ1v) is 7.02. The fourth-order valence-electron chi connectivity index (χ4n) is 3.16. The third-order valence-corrected chi connectivity index (χ3v) is 4.40. The molecule has 1 aromatic heterocycles. The number of nitrogens with two attached hydrogens (primary N) is 1. The molecular weight excluding hydrogens is 222 g/mol. The number of rotatable bonds is 2. The fraction of sp³-hybridized carbons (Fsp3) is 0.500. The predicted octanol–water partition coefficient (Wildman–Crippen LogP) is 4.05.